The molecule has 8 heteroatoms. The maximum absolute atomic E-state index is 12.2. The van der Waals surface area contributed by atoms with E-state index in [1.54, 1.807) is 31.3 Å². The van der Waals surface area contributed by atoms with Gasteiger partial charge in [0.2, 0.25) is 0 Å². The Bertz CT molecular complexity index is 863. The second-order valence-electron chi connectivity index (χ2n) is 6.88. The minimum Gasteiger partial charge on any atom is -0.497 e. The average molecular weight is 413 g/mol. The number of methoxy groups -OCH3 is 1. The number of amides is 2. The number of nitrogens with zero attached hydrogens (tertiary/aromatic N) is 2. The van der Waals surface area contributed by atoms with Crippen LogP contribution in [0.1, 0.15) is 15.9 Å². The second kappa shape index (κ2) is 10.8. The van der Waals surface area contributed by atoms with Crippen molar-refractivity contribution in [1.29, 1.82) is 0 Å². The van der Waals surface area contributed by atoms with Gasteiger partial charge in [-0.15, -0.1) is 0 Å². The van der Waals surface area contributed by atoms with E-state index < -0.39 is 11.9 Å². The van der Waals surface area contributed by atoms with Crippen LogP contribution in [0.5, 0.6) is 5.75 Å². The van der Waals surface area contributed by atoms with Gasteiger partial charge in [-0.1, -0.05) is 12.1 Å². The Morgan fingerprint density at radius 1 is 0.933 bits per heavy atom. The van der Waals surface area contributed by atoms with Gasteiger partial charge in [0.05, 0.1) is 7.11 Å². The molecule has 0 aliphatic carbocycles. The molecular formula is C22H27N3O5. The van der Waals surface area contributed by atoms with Crippen molar-refractivity contribution in [1.82, 2.24) is 10.2 Å². The first-order valence-corrected chi connectivity index (χ1v) is 9.38. The van der Waals surface area contributed by atoms with Gasteiger partial charge in [0.25, 0.3) is 11.8 Å². The van der Waals surface area contributed by atoms with Gasteiger partial charge < -0.3 is 24.6 Å². The van der Waals surface area contributed by atoms with E-state index in [0.717, 1.165) is 11.3 Å². The maximum Gasteiger partial charge on any atom is 0.325 e. The van der Waals surface area contributed by atoms with Gasteiger partial charge in [-0.25, -0.2) is 0 Å². The van der Waals surface area contributed by atoms with Gasteiger partial charge in [-0.2, -0.15) is 0 Å². The number of benzene rings is 2. The lowest BCUT2D eigenvalue weighted by Gasteiger charge is -2.18. The van der Waals surface area contributed by atoms with Crippen LogP contribution >= 0.6 is 0 Å². The van der Waals surface area contributed by atoms with Crippen molar-refractivity contribution >= 4 is 23.5 Å². The predicted octanol–water partition coefficient (Wildman–Crippen LogP) is 1.69. The van der Waals surface area contributed by atoms with Crippen molar-refractivity contribution in [3.05, 3.63) is 59.7 Å². The molecule has 2 amide bonds. The Morgan fingerprint density at radius 3 is 2.13 bits per heavy atom. The van der Waals surface area contributed by atoms with Gasteiger partial charge in [0, 0.05) is 38.9 Å². The molecule has 0 atom stereocenters. The van der Waals surface area contributed by atoms with Crippen molar-refractivity contribution in [2.24, 2.45) is 0 Å². The number of likely N-dealkylation sites (N-methyl/N-ethyl adjacent to an activating group) is 1. The minimum atomic E-state index is -0.686. The molecule has 30 heavy (non-hydrogen) atoms. The van der Waals surface area contributed by atoms with Crippen LogP contribution in [0.3, 0.4) is 0 Å². The lowest BCUT2D eigenvalue weighted by Crippen LogP contribution is -2.34. The molecule has 8 nitrogen and oxygen atoms in total. The summed E-state index contributed by atoms with van der Waals surface area (Å²) < 4.78 is 9.99. The number of esters is 1. The third-order valence-electron chi connectivity index (χ3n) is 4.40. The van der Waals surface area contributed by atoms with E-state index >= 15 is 0 Å². The van der Waals surface area contributed by atoms with Crippen LogP contribution < -0.4 is 15.0 Å². The van der Waals surface area contributed by atoms with E-state index in [1.165, 1.54) is 12.0 Å². The van der Waals surface area contributed by atoms with E-state index in [0.29, 0.717) is 17.9 Å². The molecule has 0 aliphatic heterocycles. The number of ether oxygens (including phenoxy) is 2. The largest absolute Gasteiger partial charge is 0.497 e. The topological polar surface area (TPSA) is 88.2 Å². The Hall–Kier alpha value is -3.55. The van der Waals surface area contributed by atoms with E-state index in [2.05, 4.69) is 5.32 Å². The first-order chi connectivity index (χ1) is 14.3. The summed E-state index contributed by atoms with van der Waals surface area (Å²) >= 11 is 0. The Balaban J connectivity index is 1.73. The van der Waals surface area contributed by atoms with E-state index in [4.69, 9.17) is 9.47 Å². The van der Waals surface area contributed by atoms with E-state index in [1.807, 2.05) is 43.3 Å². The summed E-state index contributed by atoms with van der Waals surface area (Å²) in [5, 5.41) is 2.46. The molecule has 0 unspecified atom stereocenters. The Labute approximate surface area is 176 Å². The molecule has 0 fully saturated rings. The maximum atomic E-state index is 12.2. The summed E-state index contributed by atoms with van der Waals surface area (Å²) in [6.45, 7) is -0.310. The number of anilines is 1. The molecule has 0 aromatic heterocycles. The first-order valence-electron chi connectivity index (χ1n) is 9.38. The van der Waals surface area contributed by atoms with E-state index in [-0.39, 0.29) is 19.1 Å². The third kappa shape index (κ3) is 6.80. The van der Waals surface area contributed by atoms with Gasteiger partial charge >= 0.3 is 5.97 Å². The van der Waals surface area contributed by atoms with Crippen molar-refractivity contribution in [2.75, 3.05) is 46.3 Å². The van der Waals surface area contributed by atoms with Gasteiger partial charge in [-0.3, -0.25) is 14.4 Å². The zero-order valence-corrected chi connectivity index (χ0v) is 17.7. The molecule has 0 saturated heterocycles. The number of carbonyl (C=O) groups is 3. The molecule has 0 bridgehead atoms. The van der Waals surface area contributed by atoms with Crippen LogP contribution in [-0.4, -0.2) is 64.1 Å². The fraction of sp³-hybridized carbons (Fsp3) is 0.318. The molecular weight excluding hydrogens is 386 g/mol. The smallest absolute Gasteiger partial charge is 0.325 e. The summed E-state index contributed by atoms with van der Waals surface area (Å²) in [5.74, 6) is -0.808. The molecule has 0 heterocycles. The minimum absolute atomic E-state index is 0.326. The van der Waals surface area contributed by atoms with E-state index in [9.17, 15) is 14.4 Å². The molecule has 0 saturated carbocycles. The van der Waals surface area contributed by atoms with Gasteiger partial charge in [0.15, 0.2) is 6.61 Å². The average Bonchev–Trinajstić information content (AvgIpc) is 2.76. The molecule has 2 rings (SSSR count). The number of rotatable bonds is 9. The quantitative estimate of drug-likeness (QED) is 0.630. The number of hydrogen-bond donors (Lipinski definition) is 1. The molecule has 160 valence electrons. The summed E-state index contributed by atoms with van der Waals surface area (Å²) in [6, 6.07) is 14.3. The summed E-state index contributed by atoms with van der Waals surface area (Å²) in [4.78, 5) is 39.5. The summed E-state index contributed by atoms with van der Waals surface area (Å²) in [7, 11) is 7.09. The Morgan fingerprint density at radius 2 is 1.57 bits per heavy atom. The number of hydrogen-bond acceptors (Lipinski definition) is 6. The molecule has 0 spiro atoms. The van der Waals surface area contributed by atoms with Crippen LogP contribution in [0.15, 0.2) is 48.5 Å². The highest BCUT2D eigenvalue weighted by Gasteiger charge is 2.14. The van der Waals surface area contributed by atoms with Crippen LogP contribution in [0, 0.1) is 0 Å². The zero-order valence-electron chi connectivity index (χ0n) is 17.7. The molecule has 2 aromatic carbocycles. The van der Waals surface area contributed by atoms with Crippen molar-refractivity contribution in [3.8, 4) is 5.75 Å². The Kier molecular flexibility index (Phi) is 8.22. The standard InChI is InChI=1S/C22H27N3O5/c1-24(2)18-9-5-16(6-10-18)14-25(3)20(26)15-30-21(27)13-23-22(28)17-7-11-19(29-4)12-8-17/h5-12H,13-15H2,1-4H3,(H,23,28). The van der Waals surface area contributed by atoms with Crippen molar-refractivity contribution in [2.45, 2.75) is 6.54 Å². The lowest BCUT2D eigenvalue weighted by atomic mass is 10.2. The second-order valence-corrected chi connectivity index (χ2v) is 6.88. The van der Waals surface area contributed by atoms with Gasteiger partial charge in [-0.05, 0) is 42.0 Å². The van der Waals surface area contributed by atoms with Crippen LogP contribution in [-0.2, 0) is 20.9 Å². The summed E-state index contributed by atoms with van der Waals surface area (Å²) in [6.07, 6.45) is 0. The lowest BCUT2D eigenvalue weighted by molar-refractivity contribution is -0.150. The molecule has 1 N–H and O–H groups in total. The van der Waals surface area contributed by atoms with Crippen LogP contribution in [0.4, 0.5) is 5.69 Å². The molecule has 0 aliphatic rings. The predicted molar refractivity (Wildman–Crippen MR) is 114 cm³/mol. The normalized spacial score (nSPS) is 10.1. The number of carbonyl (C=O) groups excluding carboxylic acids is 3. The highest BCUT2D eigenvalue weighted by atomic mass is 16.5. The SMILES string of the molecule is COc1ccc(C(=O)NCC(=O)OCC(=O)N(C)Cc2ccc(N(C)C)cc2)cc1. The third-order valence-corrected chi connectivity index (χ3v) is 4.40. The van der Waals surface area contributed by atoms with Crippen LogP contribution in [0.2, 0.25) is 0 Å². The molecule has 2 aromatic rings. The molecule has 0 radical (unpaired) electrons. The van der Waals surface area contributed by atoms with Crippen molar-refractivity contribution < 1.29 is 23.9 Å². The summed E-state index contributed by atoms with van der Waals surface area (Å²) in [5.41, 5.74) is 2.42. The monoisotopic (exact) mass is 413 g/mol. The van der Waals surface area contributed by atoms with Crippen LogP contribution in [0.25, 0.3) is 0 Å². The first kappa shape index (κ1) is 22.7. The highest BCUT2D eigenvalue weighted by molar-refractivity contribution is 5.96. The fourth-order valence-corrected chi connectivity index (χ4v) is 2.56. The van der Waals surface area contributed by atoms with Gasteiger partial charge in [0.1, 0.15) is 12.3 Å². The highest BCUT2D eigenvalue weighted by Crippen LogP contribution is 2.13. The fourth-order valence-electron chi connectivity index (χ4n) is 2.56. The number of nitrogens with one attached hydrogen (secondary N) is 1. The van der Waals surface area contributed by atoms with Crippen molar-refractivity contribution in [3.63, 3.8) is 0 Å². The zero-order chi connectivity index (χ0) is 22.1.